The van der Waals surface area contributed by atoms with Crippen LogP contribution in [-0.4, -0.2) is 62.2 Å². The van der Waals surface area contributed by atoms with Crippen molar-refractivity contribution < 1.29 is 29.3 Å². The van der Waals surface area contributed by atoms with Gasteiger partial charge in [0.25, 0.3) is 0 Å². The van der Waals surface area contributed by atoms with Crippen LogP contribution < -0.4 is 0 Å². The van der Waals surface area contributed by atoms with Crippen molar-refractivity contribution in [3.05, 3.63) is 60.2 Å². The van der Waals surface area contributed by atoms with Crippen LogP contribution >= 0.6 is 0 Å². The van der Waals surface area contributed by atoms with Gasteiger partial charge in [-0.05, 0) is 47.0 Å². The summed E-state index contributed by atoms with van der Waals surface area (Å²) in [6.45, 7) is 7.65. The lowest BCUT2D eigenvalue weighted by molar-refractivity contribution is -0.167. The highest BCUT2D eigenvalue weighted by Gasteiger charge is 2.63. The average Bonchev–Trinajstić information content (AvgIpc) is 3.14. The molecule has 8 heteroatoms. The standard InChI is InChI=1S/C28H38N2O6/c1-25(2)27(33,21-15-9-7-10-16-21)29(23(31)35-25)19-13-5-6-14-20-30-24(32)36-26(3,4)28(30,34)22-17-11-8-12-18-22/h7-12,15-17,22,33-34H,5-6,13-14,18-20H2,1-4H3. The molecule has 4 rings (SSSR count). The lowest BCUT2D eigenvalue weighted by Gasteiger charge is -2.43. The van der Waals surface area contributed by atoms with E-state index in [0.717, 1.165) is 12.8 Å². The van der Waals surface area contributed by atoms with Gasteiger partial charge in [-0.15, -0.1) is 0 Å². The van der Waals surface area contributed by atoms with Gasteiger partial charge in [0.05, 0.1) is 0 Å². The number of carbonyl (C=O) groups is 2. The van der Waals surface area contributed by atoms with Gasteiger partial charge in [-0.1, -0.05) is 67.5 Å². The van der Waals surface area contributed by atoms with Gasteiger partial charge in [-0.3, -0.25) is 9.80 Å². The summed E-state index contributed by atoms with van der Waals surface area (Å²) in [4.78, 5) is 28.2. The Bertz CT molecular complexity index is 1040. The van der Waals surface area contributed by atoms with Gasteiger partial charge in [0.2, 0.25) is 5.72 Å². The monoisotopic (exact) mass is 498 g/mol. The third kappa shape index (κ3) is 4.20. The van der Waals surface area contributed by atoms with Crippen LogP contribution in [0.1, 0.15) is 65.4 Å². The van der Waals surface area contributed by atoms with E-state index in [0.29, 0.717) is 37.9 Å². The largest absolute Gasteiger partial charge is 0.438 e. The molecule has 0 radical (unpaired) electrons. The first-order chi connectivity index (χ1) is 16.9. The second-order valence-electron chi connectivity index (χ2n) is 10.9. The van der Waals surface area contributed by atoms with E-state index >= 15 is 0 Å². The molecule has 2 fully saturated rings. The highest BCUT2D eigenvalue weighted by molar-refractivity contribution is 5.73. The lowest BCUT2D eigenvalue weighted by Crippen LogP contribution is -2.60. The molecule has 2 amide bonds. The number of allylic oxidation sites excluding steroid dienone is 3. The SMILES string of the molecule is CC1(C)OC(=O)N(CCCCCCN2C(=O)OC(C)(C)C2(O)C2C=CC=CC2)C1(O)c1ccccc1. The maximum absolute atomic E-state index is 12.7. The summed E-state index contributed by atoms with van der Waals surface area (Å²) in [5, 5.41) is 23.3. The number of rotatable bonds is 9. The highest BCUT2D eigenvalue weighted by Crippen LogP contribution is 2.46. The number of ether oxygens (including phenoxy) is 2. The van der Waals surface area contributed by atoms with Crippen molar-refractivity contribution in [2.24, 2.45) is 5.92 Å². The van der Waals surface area contributed by atoms with Crippen molar-refractivity contribution in [3.63, 3.8) is 0 Å². The number of amides is 2. The Morgan fingerprint density at radius 2 is 1.42 bits per heavy atom. The Morgan fingerprint density at radius 3 is 2.03 bits per heavy atom. The van der Waals surface area contributed by atoms with E-state index < -0.39 is 34.8 Å². The molecule has 0 aromatic heterocycles. The number of carbonyl (C=O) groups excluding carboxylic acids is 2. The molecule has 2 N–H and O–H groups in total. The van der Waals surface area contributed by atoms with Crippen molar-refractivity contribution in [2.45, 2.75) is 82.5 Å². The Hall–Kier alpha value is -2.84. The Balaban J connectivity index is 1.33. The molecule has 3 aliphatic rings. The molecule has 0 saturated carbocycles. The maximum Gasteiger partial charge on any atom is 0.413 e. The van der Waals surface area contributed by atoms with Crippen molar-refractivity contribution in [1.82, 2.24) is 9.80 Å². The topological polar surface area (TPSA) is 99.5 Å². The van der Waals surface area contributed by atoms with Gasteiger partial charge < -0.3 is 19.7 Å². The quantitative estimate of drug-likeness (QED) is 0.480. The van der Waals surface area contributed by atoms with Crippen LogP contribution in [0.5, 0.6) is 0 Å². The fourth-order valence-corrected chi connectivity index (χ4v) is 5.72. The summed E-state index contributed by atoms with van der Waals surface area (Å²) in [5.74, 6) is -0.246. The molecule has 3 atom stereocenters. The fraction of sp³-hybridized carbons (Fsp3) is 0.571. The Kier molecular flexibility index (Phi) is 6.96. The third-order valence-corrected chi connectivity index (χ3v) is 7.84. The zero-order valence-corrected chi connectivity index (χ0v) is 21.6. The van der Waals surface area contributed by atoms with Crippen molar-refractivity contribution in [1.29, 1.82) is 0 Å². The van der Waals surface area contributed by atoms with Crippen molar-refractivity contribution >= 4 is 12.2 Å². The highest BCUT2D eigenvalue weighted by atomic mass is 16.6. The molecule has 2 saturated heterocycles. The van der Waals surface area contributed by atoms with E-state index in [4.69, 9.17) is 9.47 Å². The number of aliphatic hydroxyl groups is 2. The number of hydrogen-bond acceptors (Lipinski definition) is 6. The summed E-state index contributed by atoms with van der Waals surface area (Å²) in [7, 11) is 0. The second-order valence-corrected chi connectivity index (χ2v) is 10.9. The number of nitrogens with zero attached hydrogens (tertiary/aromatic N) is 2. The van der Waals surface area contributed by atoms with Crippen LogP contribution in [0.25, 0.3) is 0 Å². The lowest BCUT2D eigenvalue weighted by atomic mass is 9.79. The minimum atomic E-state index is -1.56. The fourth-order valence-electron chi connectivity index (χ4n) is 5.72. The normalized spacial score (nSPS) is 30.6. The summed E-state index contributed by atoms with van der Waals surface area (Å²) >= 11 is 0. The average molecular weight is 499 g/mol. The summed E-state index contributed by atoms with van der Waals surface area (Å²) in [6.07, 6.45) is 10.3. The molecule has 36 heavy (non-hydrogen) atoms. The zero-order valence-electron chi connectivity index (χ0n) is 21.6. The summed E-state index contributed by atoms with van der Waals surface area (Å²) in [6, 6.07) is 9.12. The van der Waals surface area contributed by atoms with E-state index in [1.165, 1.54) is 9.80 Å². The van der Waals surface area contributed by atoms with E-state index in [1.54, 1.807) is 39.8 Å². The predicted molar refractivity (Wildman–Crippen MR) is 135 cm³/mol. The van der Waals surface area contributed by atoms with Gasteiger partial charge in [-0.2, -0.15) is 0 Å². The van der Waals surface area contributed by atoms with E-state index in [-0.39, 0.29) is 5.92 Å². The predicted octanol–water partition coefficient (Wildman–Crippen LogP) is 4.67. The van der Waals surface area contributed by atoms with Gasteiger partial charge in [0.1, 0.15) is 0 Å². The van der Waals surface area contributed by atoms with Crippen LogP contribution in [0, 0.1) is 5.92 Å². The number of unbranched alkanes of at least 4 members (excludes halogenated alkanes) is 3. The first-order valence-corrected chi connectivity index (χ1v) is 12.8. The number of hydrogen-bond donors (Lipinski definition) is 2. The number of benzene rings is 1. The van der Waals surface area contributed by atoms with Crippen LogP contribution in [0.2, 0.25) is 0 Å². The molecule has 1 aromatic carbocycles. The van der Waals surface area contributed by atoms with Crippen molar-refractivity contribution in [2.75, 3.05) is 13.1 Å². The molecule has 1 aromatic rings. The van der Waals surface area contributed by atoms with Gasteiger partial charge in [-0.25, -0.2) is 9.59 Å². The second kappa shape index (κ2) is 9.56. The van der Waals surface area contributed by atoms with Crippen molar-refractivity contribution in [3.8, 4) is 0 Å². The summed E-state index contributed by atoms with van der Waals surface area (Å²) < 4.78 is 11.1. The van der Waals surface area contributed by atoms with Crippen LogP contribution in [0.4, 0.5) is 9.59 Å². The Labute approximate surface area is 213 Å². The first-order valence-electron chi connectivity index (χ1n) is 12.8. The first kappa shape index (κ1) is 26.2. The maximum atomic E-state index is 12.7. The van der Waals surface area contributed by atoms with E-state index in [1.807, 2.05) is 42.5 Å². The molecule has 1 aliphatic carbocycles. The minimum Gasteiger partial charge on any atom is -0.438 e. The van der Waals surface area contributed by atoms with Crippen LogP contribution in [-0.2, 0) is 15.2 Å². The molecule has 3 unspecified atom stereocenters. The number of cyclic esters (lactones) is 2. The van der Waals surface area contributed by atoms with Gasteiger partial charge >= 0.3 is 12.2 Å². The van der Waals surface area contributed by atoms with Gasteiger partial charge in [0.15, 0.2) is 16.9 Å². The molecule has 8 nitrogen and oxygen atoms in total. The van der Waals surface area contributed by atoms with E-state index in [9.17, 15) is 19.8 Å². The zero-order chi connectivity index (χ0) is 26.2. The molecule has 0 spiro atoms. The molecule has 2 aliphatic heterocycles. The van der Waals surface area contributed by atoms with E-state index in [2.05, 4.69) is 0 Å². The minimum absolute atomic E-state index is 0.246. The van der Waals surface area contributed by atoms with Gasteiger partial charge in [0, 0.05) is 24.6 Å². The summed E-state index contributed by atoms with van der Waals surface area (Å²) in [5.41, 5.74) is -4.50. The molecule has 196 valence electrons. The molecule has 2 heterocycles. The van der Waals surface area contributed by atoms with Crippen LogP contribution in [0.15, 0.2) is 54.6 Å². The Morgan fingerprint density at radius 1 is 0.833 bits per heavy atom. The third-order valence-electron chi connectivity index (χ3n) is 7.84. The molecular weight excluding hydrogens is 460 g/mol. The smallest absolute Gasteiger partial charge is 0.413 e. The molecular formula is C28H38N2O6. The molecule has 0 bridgehead atoms. The van der Waals surface area contributed by atoms with Crippen LogP contribution in [0.3, 0.4) is 0 Å².